The van der Waals surface area contributed by atoms with E-state index >= 15 is 0 Å². The summed E-state index contributed by atoms with van der Waals surface area (Å²) in [7, 11) is 0. The standard InChI is InChI=1S/Mn.Na.5O/q;+1;;;;;-1. The summed E-state index contributed by atoms with van der Waals surface area (Å²) in [5.74, 6) is 0. The molecule has 0 bridgehead atoms. The Balaban J connectivity index is 0. The summed E-state index contributed by atoms with van der Waals surface area (Å²) in [5.41, 5.74) is 0. The zero-order chi connectivity index (χ0) is 5.45. The van der Waals surface area contributed by atoms with Crippen LogP contribution in [0.4, 0.5) is 0 Å². The van der Waals surface area contributed by atoms with Crippen molar-refractivity contribution in [3.8, 4) is 0 Å². The van der Waals surface area contributed by atoms with Gasteiger partial charge in [0.05, 0.1) is 0 Å². The SMILES string of the molecule is [Na+].[O]=[Mn](=[O])(=[O])(=[O])[O-]. The van der Waals surface area contributed by atoms with Crippen molar-refractivity contribution in [2.24, 2.45) is 0 Å². The molecule has 0 aromatic carbocycles. The minimum atomic E-state index is -7.51. The summed E-state index contributed by atoms with van der Waals surface area (Å²) < 4.78 is 43.1. The van der Waals surface area contributed by atoms with Crippen molar-refractivity contribution < 1.29 is 60.9 Å². The van der Waals surface area contributed by atoms with E-state index < -0.39 is 11.8 Å². The topological polar surface area (TPSA) is 91.3 Å². The van der Waals surface area contributed by atoms with E-state index in [1.807, 2.05) is 0 Å². The molecule has 7 heavy (non-hydrogen) atoms. The Morgan fingerprint density at radius 3 is 1.00 bits per heavy atom. The Morgan fingerprint density at radius 1 is 1.00 bits per heavy atom. The van der Waals surface area contributed by atoms with Gasteiger partial charge in [-0.15, -0.1) is 0 Å². The number of hydrogen-bond acceptors (Lipinski definition) is 5. The first-order valence-corrected chi connectivity index (χ1v) is 3.18. The second-order valence-corrected chi connectivity index (χ2v) is 2.60. The molecule has 0 unspecified atom stereocenters. The molecule has 0 saturated carbocycles. The van der Waals surface area contributed by atoms with Gasteiger partial charge in [0.2, 0.25) is 0 Å². The molecule has 0 aliphatic rings. The average molecular weight is 158 g/mol. The van der Waals surface area contributed by atoms with Crippen molar-refractivity contribution in [1.82, 2.24) is 0 Å². The van der Waals surface area contributed by atoms with E-state index in [1.165, 1.54) is 0 Å². The van der Waals surface area contributed by atoms with Crippen LogP contribution in [-0.2, 0) is 27.2 Å². The van der Waals surface area contributed by atoms with Gasteiger partial charge in [-0.05, 0) is 0 Å². The van der Waals surface area contributed by atoms with Crippen LogP contribution < -0.4 is 33.7 Å². The first kappa shape index (κ1) is 10.6. The van der Waals surface area contributed by atoms with Crippen molar-refractivity contribution in [3.05, 3.63) is 0 Å². The Kier molecular flexibility index (Phi) is 2.87. The molecule has 0 atom stereocenters. The zero-order valence-electron chi connectivity index (χ0n) is 3.42. The zero-order valence-corrected chi connectivity index (χ0v) is 6.60. The molecule has 0 saturated heterocycles. The fourth-order valence-electron chi connectivity index (χ4n) is 0. The van der Waals surface area contributed by atoms with Crippen molar-refractivity contribution >= 4 is 0 Å². The second-order valence-electron chi connectivity index (χ2n) is 0.630. The molecule has 0 amide bonds. The summed E-state index contributed by atoms with van der Waals surface area (Å²) in [4.78, 5) is 0. The van der Waals surface area contributed by atoms with Crippen LogP contribution in [-0.4, -0.2) is 0 Å². The molecule has 0 heterocycles. The van der Waals surface area contributed by atoms with Crippen LogP contribution in [0.2, 0.25) is 0 Å². The molecular weight excluding hydrogens is 158 g/mol. The second kappa shape index (κ2) is 1.89. The average Bonchev–Trinajstić information content (AvgIpc) is 0.650. The van der Waals surface area contributed by atoms with E-state index in [-0.39, 0.29) is 29.6 Å². The normalized spacial score (nSPS) is 12.3. The molecule has 0 aromatic rings. The maximum absolute atomic E-state index is 8.61. The van der Waals surface area contributed by atoms with Crippen LogP contribution in [0, 0.1) is 0 Å². The Morgan fingerprint density at radius 2 is 1.00 bits per heavy atom. The fourth-order valence-corrected chi connectivity index (χ4v) is 0. The molecule has 38 valence electrons. The number of hydrogen-bond donors (Lipinski definition) is 0. The van der Waals surface area contributed by atoms with Gasteiger partial charge in [-0.3, -0.25) is 0 Å². The van der Waals surface area contributed by atoms with Gasteiger partial charge in [0.1, 0.15) is 0 Å². The third-order valence-corrected chi connectivity index (χ3v) is 0. The summed E-state index contributed by atoms with van der Waals surface area (Å²) in [5, 5.41) is 0. The van der Waals surface area contributed by atoms with Crippen molar-refractivity contribution in [2.45, 2.75) is 0 Å². The van der Waals surface area contributed by atoms with Crippen LogP contribution in [0.15, 0.2) is 0 Å². The van der Waals surface area contributed by atoms with Crippen LogP contribution in [0.3, 0.4) is 0 Å². The van der Waals surface area contributed by atoms with Crippen LogP contribution in [0.25, 0.3) is 0 Å². The van der Waals surface area contributed by atoms with Crippen LogP contribution in [0.5, 0.6) is 0 Å². The summed E-state index contributed by atoms with van der Waals surface area (Å²) in [6.45, 7) is 0. The summed E-state index contributed by atoms with van der Waals surface area (Å²) in [6.07, 6.45) is 0. The molecule has 0 rings (SSSR count). The molecule has 0 aliphatic heterocycles. The molecule has 0 radical (unpaired) electrons. The van der Waals surface area contributed by atoms with Gasteiger partial charge in [0.25, 0.3) is 0 Å². The fraction of sp³-hybridized carbons (Fsp3) is 0. The number of rotatable bonds is 0. The van der Waals surface area contributed by atoms with Crippen molar-refractivity contribution in [2.75, 3.05) is 0 Å². The molecule has 7 heteroatoms. The van der Waals surface area contributed by atoms with Crippen LogP contribution >= 0.6 is 0 Å². The molecule has 0 aromatic heterocycles. The van der Waals surface area contributed by atoms with E-state index in [1.54, 1.807) is 0 Å². The molecule has 5 nitrogen and oxygen atoms in total. The molecule has 0 fully saturated rings. The predicted octanol–water partition coefficient (Wildman–Crippen LogP) is -4.66. The third-order valence-electron chi connectivity index (χ3n) is 0. The van der Waals surface area contributed by atoms with Gasteiger partial charge in [-0.1, -0.05) is 0 Å². The Labute approximate surface area is 60.7 Å². The van der Waals surface area contributed by atoms with Gasteiger partial charge in [-0.2, -0.15) is 0 Å². The van der Waals surface area contributed by atoms with Crippen LogP contribution in [0.1, 0.15) is 0 Å². The third kappa shape index (κ3) is 317. The van der Waals surface area contributed by atoms with E-state index in [9.17, 15) is 0 Å². The van der Waals surface area contributed by atoms with Gasteiger partial charge >= 0.3 is 60.9 Å². The summed E-state index contributed by atoms with van der Waals surface area (Å²) in [6, 6.07) is 0. The predicted molar refractivity (Wildman–Crippen MR) is 2.75 cm³/mol. The molecule has 0 N–H and O–H groups in total. The monoisotopic (exact) mass is 158 g/mol. The van der Waals surface area contributed by atoms with Gasteiger partial charge in [-0.25, -0.2) is 0 Å². The Bertz CT molecular complexity index is 238. The van der Waals surface area contributed by atoms with Gasteiger partial charge in [0.15, 0.2) is 0 Å². The molecule has 0 spiro atoms. The first-order valence-electron chi connectivity index (χ1n) is 0.772. The Hall–Kier alpha value is 0.679. The minimum absolute atomic E-state index is 0. The van der Waals surface area contributed by atoms with Crippen molar-refractivity contribution in [3.63, 3.8) is 0 Å². The quantitative estimate of drug-likeness (QED) is 0.330. The first-order chi connectivity index (χ1) is 2.24. The van der Waals surface area contributed by atoms with Gasteiger partial charge in [0, 0.05) is 0 Å². The van der Waals surface area contributed by atoms with E-state index in [0.29, 0.717) is 0 Å². The van der Waals surface area contributed by atoms with E-state index in [0.717, 1.165) is 0 Å². The molecular formula is MnNaO5. The van der Waals surface area contributed by atoms with Crippen molar-refractivity contribution in [1.29, 1.82) is 0 Å². The summed E-state index contributed by atoms with van der Waals surface area (Å²) >= 11 is -7.51. The molecule has 0 aliphatic carbocycles. The maximum atomic E-state index is 8.61. The van der Waals surface area contributed by atoms with E-state index in [2.05, 4.69) is 0 Å². The van der Waals surface area contributed by atoms with Gasteiger partial charge < -0.3 is 0 Å². The van der Waals surface area contributed by atoms with E-state index in [4.69, 9.17) is 19.5 Å².